The Labute approximate surface area is 238 Å². The van der Waals surface area contributed by atoms with Gasteiger partial charge in [0, 0.05) is 32.7 Å². The topological polar surface area (TPSA) is 52.1 Å². The van der Waals surface area contributed by atoms with Crippen molar-refractivity contribution in [3.8, 4) is 5.75 Å². The molecule has 0 amide bonds. The summed E-state index contributed by atoms with van der Waals surface area (Å²) < 4.78 is 6.88. The molecule has 40 heavy (non-hydrogen) atoms. The number of nitrogens with zero attached hydrogens (tertiary/aromatic N) is 2. The third-order valence-electron chi connectivity index (χ3n) is 9.56. The SMILES string of the molecule is C[C@H]1CC[C@H]2[C@H](C1)c1c(c3ccccc3c3nc4cc(C(=O)C5Cc6ccccc6S5)ccc4nc13)OC2(C)C. The fourth-order valence-corrected chi connectivity index (χ4v) is 8.83. The van der Waals surface area contributed by atoms with Crippen LogP contribution in [0.1, 0.15) is 67.4 Å². The summed E-state index contributed by atoms with van der Waals surface area (Å²) in [5.74, 6) is 2.66. The molecule has 5 heteroatoms. The molecule has 4 nitrogen and oxygen atoms in total. The molecule has 1 aromatic heterocycles. The fraction of sp³-hybridized carbons (Fsp3) is 0.343. The summed E-state index contributed by atoms with van der Waals surface area (Å²) in [6.45, 7) is 6.89. The van der Waals surface area contributed by atoms with Crippen molar-refractivity contribution >= 4 is 50.4 Å². The molecule has 3 heterocycles. The summed E-state index contributed by atoms with van der Waals surface area (Å²) in [5.41, 5.74) is 6.44. The van der Waals surface area contributed by atoms with Crippen molar-refractivity contribution in [1.82, 2.24) is 9.97 Å². The third kappa shape index (κ3) is 3.63. The highest BCUT2D eigenvalue weighted by molar-refractivity contribution is 8.01. The summed E-state index contributed by atoms with van der Waals surface area (Å²) in [6, 6.07) is 22.6. The zero-order chi connectivity index (χ0) is 27.2. The number of Topliss-reactive ketones (excluding diaryl/α,β-unsaturated/α-hetero) is 1. The molecular weight excluding hydrogens is 512 g/mol. The summed E-state index contributed by atoms with van der Waals surface area (Å²) in [7, 11) is 0. The molecular formula is C35H32N2O2S. The molecule has 1 saturated carbocycles. The summed E-state index contributed by atoms with van der Waals surface area (Å²) >= 11 is 1.68. The van der Waals surface area contributed by atoms with Crippen molar-refractivity contribution in [1.29, 1.82) is 0 Å². The average molecular weight is 545 g/mol. The predicted molar refractivity (Wildman–Crippen MR) is 163 cm³/mol. The molecule has 1 unspecified atom stereocenters. The molecule has 0 bridgehead atoms. The molecule has 0 spiro atoms. The number of fused-ring (bicyclic) bond motifs is 10. The lowest BCUT2D eigenvalue weighted by molar-refractivity contribution is -0.0115. The molecule has 5 aromatic rings. The van der Waals surface area contributed by atoms with Gasteiger partial charge >= 0.3 is 0 Å². The van der Waals surface area contributed by atoms with Gasteiger partial charge in [0.15, 0.2) is 5.78 Å². The zero-order valence-corrected chi connectivity index (χ0v) is 23.9. The van der Waals surface area contributed by atoms with E-state index in [-0.39, 0.29) is 16.6 Å². The van der Waals surface area contributed by atoms with Gasteiger partial charge in [0.05, 0.1) is 27.3 Å². The number of ether oxygens (including phenoxy) is 1. The van der Waals surface area contributed by atoms with E-state index in [1.807, 2.05) is 30.3 Å². The first kappa shape index (κ1) is 24.4. The number of rotatable bonds is 2. The van der Waals surface area contributed by atoms with Gasteiger partial charge in [0.2, 0.25) is 0 Å². The second kappa shape index (κ2) is 8.78. The van der Waals surface area contributed by atoms with Crippen LogP contribution < -0.4 is 4.74 Å². The normalized spacial score (nSPS) is 24.9. The molecule has 2 aliphatic heterocycles. The van der Waals surface area contributed by atoms with Crippen molar-refractivity contribution in [2.24, 2.45) is 11.8 Å². The van der Waals surface area contributed by atoms with E-state index in [4.69, 9.17) is 14.7 Å². The van der Waals surface area contributed by atoms with E-state index < -0.39 is 0 Å². The molecule has 200 valence electrons. The third-order valence-corrected chi connectivity index (χ3v) is 10.9. The van der Waals surface area contributed by atoms with Crippen molar-refractivity contribution in [2.45, 2.75) is 68.1 Å². The lowest BCUT2D eigenvalue weighted by Crippen LogP contribution is -2.46. The van der Waals surface area contributed by atoms with Gasteiger partial charge in [-0.1, -0.05) is 55.8 Å². The quantitative estimate of drug-likeness (QED) is 0.127. The number of aromatic nitrogens is 2. The van der Waals surface area contributed by atoms with Crippen LogP contribution in [0.4, 0.5) is 0 Å². The summed E-state index contributed by atoms with van der Waals surface area (Å²) in [4.78, 5) is 25.3. The van der Waals surface area contributed by atoms with Gasteiger partial charge in [-0.2, -0.15) is 0 Å². The smallest absolute Gasteiger partial charge is 0.176 e. The van der Waals surface area contributed by atoms with Crippen LogP contribution in [0.2, 0.25) is 0 Å². The Morgan fingerprint density at radius 2 is 1.70 bits per heavy atom. The number of hydrogen-bond donors (Lipinski definition) is 0. The van der Waals surface area contributed by atoms with E-state index in [2.05, 4.69) is 57.2 Å². The lowest BCUT2D eigenvalue weighted by atomic mass is 9.64. The van der Waals surface area contributed by atoms with Crippen LogP contribution in [0.3, 0.4) is 0 Å². The summed E-state index contributed by atoms with van der Waals surface area (Å²) in [6.07, 6.45) is 4.33. The van der Waals surface area contributed by atoms with Crippen molar-refractivity contribution < 1.29 is 9.53 Å². The maximum Gasteiger partial charge on any atom is 0.176 e. The van der Waals surface area contributed by atoms with Gasteiger partial charge in [-0.3, -0.25) is 4.79 Å². The summed E-state index contributed by atoms with van der Waals surface area (Å²) in [5, 5.41) is 2.07. The second-order valence-corrected chi connectivity index (χ2v) is 13.8. The van der Waals surface area contributed by atoms with Gasteiger partial charge in [-0.25, -0.2) is 9.97 Å². The Balaban J connectivity index is 1.30. The molecule has 4 atom stereocenters. The first-order chi connectivity index (χ1) is 19.4. The largest absolute Gasteiger partial charge is 0.487 e. The molecule has 0 radical (unpaired) electrons. The fourth-order valence-electron chi connectivity index (χ4n) is 7.56. The molecule has 1 fully saturated rings. The first-order valence-electron chi connectivity index (χ1n) is 14.5. The number of carbonyl (C=O) groups excluding carboxylic acids is 1. The minimum absolute atomic E-state index is 0.0955. The molecule has 1 aliphatic carbocycles. The molecule has 0 saturated heterocycles. The lowest BCUT2D eigenvalue weighted by Gasteiger charge is -2.49. The van der Waals surface area contributed by atoms with E-state index in [1.54, 1.807) is 11.8 Å². The van der Waals surface area contributed by atoms with Gasteiger partial charge in [0.25, 0.3) is 0 Å². The van der Waals surface area contributed by atoms with Gasteiger partial charge in [-0.15, -0.1) is 11.8 Å². The van der Waals surface area contributed by atoms with Crippen LogP contribution in [0.5, 0.6) is 5.75 Å². The molecule has 3 aliphatic rings. The van der Waals surface area contributed by atoms with Gasteiger partial charge in [0.1, 0.15) is 11.4 Å². The molecule has 4 aromatic carbocycles. The Morgan fingerprint density at radius 3 is 2.55 bits per heavy atom. The maximum atomic E-state index is 13.6. The van der Waals surface area contributed by atoms with Crippen LogP contribution in [0.25, 0.3) is 32.8 Å². The Morgan fingerprint density at radius 1 is 0.925 bits per heavy atom. The highest BCUT2D eigenvalue weighted by Crippen LogP contribution is 2.56. The predicted octanol–water partition coefficient (Wildman–Crippen LogP) is 8.53. The monoisotopic (exact) mass is 544 g/mol. The van der Waals surface area contributed by atoms with Crippen molar-refractivity contribution in [3.63, 3.8) is 0 Å². The number of carbonyl (C=O) groups is 1. The van der Waals surface area contributed by atoms with E-state index in [0.29, 0.717) is 23.3 Å². The van der Waals surface area contributed by atoms with Crippen LogP contribution >= 0.6 is 11.8 Å². The van der Waals surface area contributed by atoms with Crippen LogP contribution in [0.15, 0.2) is 71.6 Å². The van der Waals surface area contributed by atoms with Crippen molar-refractivity contribution in [3.05, 3.63) is 83.4 Å². The van der Waals surface area contributed by atoms with Crippen LogP contribution in [0, 0.1) is 11.8 Å². The van der Waals surface area contributed by atoms with Crippen LogP contribution in [-0.4, -0.2) is 26.6 Å². The van der Waals surface area contributed by atoms with Gasteiger partial charge in [-0.05, 0) is 74.8 Å². The van der Waals surface area contributed by atoms with E-state index in [9.17, 15) is 4.79 Å². The number of ketones is 1. The Hall–Kier alpha value is -3.44. The Kier molecular flexibility index (Phi) is 5.35. The minimum Gasteiger partial charge on any atom is -0.487 e. The molecule has 0 N–H and O–H groups in total. The number of thioether (sulfide) groups is 1. The average Bonchev–Trinajstić information content (AvgIpc) is 3.40. The number of hydrogen-bond acceptors (Lipinski definition) is 5. The van der Waals surface area contributed by atoms with Crippen LogP contribution in [-0.2, 0) is 6.42 Å². The van der Waals surface area contributed by atoms with Gasteiger partial charge < -0.3 is 4.74 Å². The van der Waals surface area contributed by atoms with E-state index >= 15 is 0 Å². The standard InChI is InChI=1S/C35H32N2O2S/c1-19-12-14-25-24(16-19)30-32-31(22-9-5-6-10-23(22)34(30)39-35(25,2)3)37-27-17-21(13-15-26(27)36-32)33(38)29-18-20-8-4-7-11-28(20)40-29/h4-11,13,15,17,19,24-25,29H,12,14,16,18H2,1-3H3/t19-,24-,25-,29?/m0/s1. The zero-order valence-electron chi connectivity index (χ0n) is 23.1. The van der Waals surface area contributed by atoms with E-state index in [1.165, 1.54) is 28.9 Å². The Bertz CT molecular complexity index is 1840. The highest BCUT2D eigenvalue weighted by atomic mass is 32.2. The minimum atomic E-state index is -0.230. The van der Waals surface area contributed by atoms with Crippen molar-refractivity contribution in [2.75, 3.05) is 0 Å². The molecule has 8 rings (SSSR count). The number of benzene rings is 4. The maximum absolute atomic E-state index is 13.6. The second-order valence-electron chi connectivity index (χ2n) is 12.5. The van der Waals surface area contributed by atoms with E-state index in [0.717, 1.165) is 51.4 Å². The first-order valence-corrected chi connectivity index (χ1v) is 15.4. The highest BCUT2D eigenvalue weighted by Gasteiger charge is 2.47.